The van der Waals surface area contributed by atoms with Crippen LogP contribution in [0, 0.1) is 23.2 Å². The third kappa shape index (κ3) is 2.78. The summed E-state index contributed by atoms with van der Waals surface area (Å²) in [5, 5.41) is 9.11. The van der Waals surface area contributed by atoms with Gasteiger partial charge in [-0.3, -0.25) is 0 Å². The molecule has 0 N–H and O–H groups in total. The number of aromatic nitrogens is 2. The van der Waals surface area contributed by atoms with E-state index in [0.717, 1.165) is 29.3 Å². The third-order valence-electron chi connectivity index (χ3n) is 4.78. The van der Waals surface area contributed by atoms with Gasteiger partial charge in [0.05, 0.1) is 28.5 Å². The Morgan fingerprint density at radius 3 is 2.90 bits per heavy atom. The van der Waals surface area contributed by atoms with Gasteiger partial charge in [-0.05, 0) is 36.5 Å². The molecule has 1 aromatic carbocycles. The maximum atomic E-state index is 9.11. The van der Waals surface area contributed by atoms with Gasteiger partial charge in [0, 0.05) is 6.54 Å². The molecule has 2 aromatic rings. The Balaban J connectivity index is 2.00. The molecule has 1 saturated carbocycles. The molecule has 0 spiro atoms. The average Bonchev–Trinajstić information content (AvgIpc) is 2.86. The largest absolute Gasteiger partial charge is 0.327 e. The molecule has 3 nitrogen and oxygen atoms in total. The summed E-state index contributed by atoms with van der Waals surface area (Å²) in [7, 11) is 0. The lowest BCUT2D eigenvalue weighted by atomic mass is 9.80. The minimum atomic E-state index is 0.414. The maximum absolute atomic E-state index is 9.11. The van der Waals surface area contributed by atoms with Crippen LogP contribution in [0.4, 0.5) is 0 Å². The smallest absolute Gasteiger partial charge is 0.124 e. The molecular weight excluding hydrogens is 282 g/mol. The first kappa shape index (κ1) is 14.4. The Morgan fingerprint density at radius 2 is 2.19 bits per heavy atom. The molecule has 1 aliphatic rings. The first-order valence-electron chi connectivity index (χ1n) is 7.68. The predicted octanol–water partition coefficient (Wildman–Crippen LogP) is 4.47. The van der Waals surface area contributed by atoms with Gasteiger partial charge in [-0.1, -0.05) is 26.2 Å². The van der Waals surface area contributed by atoms with Gasteiger partial charge >= 0.3 is 0 Å². The molecule has 1 fully saturated rings. The molecule has 2 unspecified atom stereocenters. The molecule has 0 radical (unpaired) electrons. The van der Waals surface area contributed by atoms with Crippen LogP contribution in [0.15, 0.2) is 18.2 Å². The van der Waals surface area contributed by atoms with Gasteiger partial charge < -0.3 is 4.57 Å². The van der Waals surface area contributed by atoms with E-state index in [1.165, 1.54) is 25.7 Å². The summed E-state index contributed by atoms with van der Waals surface area (Å²) in [6.07, 6.45) is 5.27. The standard InChI is InChI=1S/C17H20ClN3/c1-12-4-2-3-5-14(12)11-21-16-8-13(10-19)6-7-15(16)20-17(21)9-18/h6-8,12,14H,2-5,9,11H2,1H3. The average molecular weight is 302 g/mol. The molecule has 110 valence electrons. The summed E-state index contributed by atoms with van der Waals surface area (Å²) in [6.45, 7) is 3.32. The maximum Gasteiger partial charge on any atom is 0.124 e. The number of fused-ring (bicyclic) bond motifs is 1. The number of nitriles is 1. The van der Waals surface area contributed by atoms with Crippen LogP contribution in [0.5, 0.6) is 0 Å². The number of nitrogens with zero attached hydrogens (tertiary/aromatic N) is 3. The van der Waals surface area contributed by atoms with E-state index in [-0.39, 0.29) is 0 Å². The molecule has 21 heavy (non-hydrogen) atoms. The summed E-state index contributed by atoms with van der Waals surface area (Å²) in [5.74, 6) is 2.76. The summed E-state index contributed by atoms with van der Waals surface area (Å²) in [6, 6.07) is 7.89. The highest BCUT2D eigenvalue weighted by molar-refractivity contribution is 6.16. The second-order valence-corrected chi connectivity index (χ2v) is 6.38. The van der Waals surface area contributed by atoms with Crippen LogP contribution in [0.1, 0.15) is 44.0 Å². The van der Waals surface area contributed by atoms with Gasteiger partial charge in [-0.2, -0.15) is 5.26 Å². The summed E-state index contributed by atoms with van der Waals surface area (Å²) < 4.78 is 2.23. The van der Waals surface area contributed by atoms with Gasteiger partial charge in [0.1, 0.15) is 5.82 Å². The molecule has 2 atom stereocenters. The van der Waals surface area contributed by atoms with Crippen molar-refractivity contribution in [3.8, 4) is 6.07 Å². The molecule has 0 amide bonds. The number of hydrogen-bond donors (Lipinski definition) is 0. The van der Waals surface area contributed by atoms with Crippen molar-refractivity contribution in [2.75, 3.05) is 0 Å². The SMILES string of the molecule is CC1CCCCC1Cn1c(CCl)nc2ccc(C#N)cc21. The van der Waals surface area contributed by atoms with E-state index in [1.807, 2.05) is 18.2 Å². The third-order valence-corrected chi connectivity index (χ3v) is 5.02. The van der Waals surface area contributed by atoms with Crippen molar-refractivity contribution in [3.63, 3.8) is 0 Å². The number of rotatable bonds is 3. The minimum Gasteiger partial charge on any atom is -0.327 e. The van der Waals surface area contributed by atoms with E-state index in [9.17, 15) is 0 Å². The van der Waals surface area contributed by atoms with Crippen molar-refractivity contribution in [1.82, 2.24) is 9.55 Å². The molecular formula is C17H20ClN3. The van der Waals surface area contributed by atoms with Crippen LogP contribution in [-0.4, -0.2) is 9.55 Å². The van der Waals surface area contributed by atoms with Gasteiger partial charge in [0.15, 0.2) is 0 Å². The lowest BCUT2D eigenvalue weighted by molar-refractivity contribution is 0.229. The van der Waals surface area contributed by atoms with Crippen LogP contribution in [0.25, 0.3) is 11.0 Å². The Bertz CT molecular complexity index is 683. The van der Waals surface area contributed by atoms with E-state index < -0.39 is 0 Å². The molecule has 0 bridgehead atoms. The molecule has 1 aliphatic carbocycles. The van der Waals surface area contributed by atoms with Gasteiger partial charge in [-0.25, -0.2) is 4.98 Å². The second-order valence-electron chi connectivity index (χ2n) is 6.11. The van der Waals surface area contributed by atoms with Crippen LogP contribution < -0.4 is 0 Å². The topological polar surface area (TPSA) is 41.6 Å². The first-order valence-corrected chi connectivity index (χ1v) is 8.21. The number of halogens is 1. The van der Waals surface area contributed by atoms with E-state index in [2.05, 4.69) is 22.5 Å². The van der Waals surface area contributed by atoms with Crippen molar-refractivity contribution in [2.24, 2.45) is 11.8 Å². The zero-order valence-electron chi connectivity index (χ0n) is 12.3. The van der Waals surface area contributed by atoms with Crippen LogP contribution in [-0.2, 0) is 12.4 Å². The van der Waals surface area contributed by atoms with Gasteiger partial charge in [-0.15, -0.1) is 11.6 Å². The molecule has 0 aliphatic heterocycles. The van der Waals surface area contributed by atoms with Crippen LogP contribution in [0.2, 0.25) is 0 Å². The van der Waals surface area contributed by atoms with Crippen molar-refractivity contribution >= 4 is 22.6 Å². The molecule has 0 saturated heterocycles. The highest BCUT2D eigenvalue weighted by atomic mass is 35.5. The van der Waals surface area contributed by atoms with E-state index in [0.29, 0.717) is 17.4 Å². The molecule has 3 rings (SSSR count). The highest BCUT2D eigenvalue weighted by Crippen LogP contribution is 2.32. The Kier molecular flexibility index (Phi) is 4.17. The molecule has 1 heterocycles. The zero-order valence-corrected chi connectivity index (χ0v) is 13.1. The lowest BCUT2D eigenvalue weighted by Crippen LogP contribution is -2.22. The fraction of sp³-hybridized carbons (Fsp3) is 0.529. The Labute approximate surface area is 130 Å². The van der Waals surface area contributed by atoms with E-state index in [1.54, 1.807) is 0 Å². The fourth-order valence-corrected chi connectivity index (χ4v) is 3.65. The van der Waals surface area contributed by atoms with Gasteiger partial charge in [0.2, 0.25) is 0 Å². The van der Waals surface area contributed by atoms with Crippen LogP contribution in [0.3, 0.4) is 0 Å². The minimum absolute atomic E-state index is 0.414. The number of imidazole rings is 1. The number of hydrogen-bond acceptors (Lipinski definition) is 2. The zero-order chi connectivity index (χ0) is 14.8. The van der Waals surface area contributed by atoms with Crippen molar-refractivity contribution in [3.05, 3.63) is 29.6 Å². The quantitative estimate of drug-likeness (QED) is 0.785. The Morgan fingerprint density at radius 1 is 1.38 bits per heavy atom. The van der Waals surface area contributed by atoms with Crippen LogP contribution >= 0.6 is 11.6 Å². The van der Waals surface area contributed by atoms with Crippen molar-refractivity contribution in [2.45, 2.75) is 45.0 Å². The summed E-state index contributed by atoms with van der Waals surface area (Å²) in [5.41, 5.74) is 2.66. The molecule has 4 heteroatoms. The number of alkyl halides is 1. The lowest BCUT2D eigenvalue weighted by Gasteiger charge is -2.29. The summed E-state index contributed by atoms with van der Waals surface area (Å²) >= 11 is 6.08. The summed E-state index contributed by atoms with van der Waals surface area (Å²) in [4.78, 5) is 4.62. The highest BCUT2D eigenvalue weighted by Gasteiger charge is 2.23. The molecule has 1 aromatic heterocycles. The predicted molar refractivity (Wildman–Crippen MR) is 85.1 cm³/mol. The Hall–Kier alpha value is -1.53. The fourth-order valence-electron chi connectivity index (χ4n) is 3.45. The van der Waals surface area contributed by atoms with Crippen molar-refractivity contribution < 1.29 is 0 Å². The van der Waals surface area contributed by atoms with E-state index in [4.69, 9.17) is 16.9 Å². The second kappa shape index (κ2) is 6.07. The number of benzene rings is 1. The van der Waals surface area contributed by atoms with Crippen molar-refractivity contribution in [1.29, 1.82) is 5.26 Å². The monoisotopic (exact) mass is 301 g/mol. The first-order chi connectivity index (χ1) is 10.2. The van der Waals surface area contributed by atoms with Gasteiger partial charge in [0.25, 0.3) is 0 Å². The van der Waals surface area contributed by atoms with E-state index >= 15 is 0 Å². The normalized spacial score (nSPS) is 22.3.